The molecule has 0 atom stereocenters. The van der Waals surface area contributed by atoms with Gasteiger partial charge in [-0.15, -0.1) is 0 Å². The maximum atomic E-state index is 13.8. The molecule has 1 aromatic rings. The lowest BCUT2D eigenvalue weighted by atomic mass is 10.0. The topological polar surface area (TPSA) is 82.5 Å². The molecule has 0 bridgehead atoms. The summed E-state index contributed by atoms with van der Waals surface area (Å²) < 4.78 is 10.8. The Hall–Kier alpha value is -2.58. The van der Waals surface area contributed by atoms with Crippen LogP contribution in [0, 0.1) is 0 Å². The molecule has 8 nitrogen and oxygen atoms in total. The minimum Gasteiger partial charge on any atom is -0.493 e. The van der Waals surface area contributed by atoms with Gasteiger partial charge in [0.15, 0.2) is 11.5 Å². The van der Waals surface area contributed by atoms with E-state index in [9.17, 15) is 14.7 Å². The molecule has 1 saturated heterocycles. The lowest BCUT2D eigenvalue weighted by Crippen LogP contribution is -2.49. The van der Waals surface area contributed by atoms with E-state index in [-0.39, 0.29) is 24.5 Å². The summed E-state index contributed by atoms with van der Waals surface area (Å²) in [5.41, 5.74) is 1.64. The molecule has 3 aliphatic rings. The number of piperazine rings is 1. The van der Waals surface area contributed by atoms with Crippen LogP contribution in [0.2, 0.25) is 0 Å². The lowest BCUT2D eigenvalue weighted by molar-refractivity contribution is -0.140. The molecule has 4 rings (SSSR count). The first-order valence-corrected chi connectivity index (χ1v) is 12.0. The second-order valence-electron chi connectivity index (χ2n) is 8.97. The summed E-state index contributed by atoms with van der Waals surface area (Å²) in [6.07, 6.45) is 6.14. The van der Waals surface area contributed by atoms with Gasteiger partial charge in [-0.05, 0) is 30.5 Å². The Kier molecular flexibility index (Phi) is 7.55. The summed E-state index contributed by atoms with van der Waals surface area (Å²) in [5, 5.41) is 9.27. The van der Waals surface area contributed by atoms with E-state index < -0.39 is 0 Å². The molecular formula is C25H35N3O5. The maximum absolute atomic E-state index is 13.8. The number of β-amino-alcohol motifs (C(OH)–C–C–N with tert-alkyl or cyclic N) is 1. The Morgan fingerprint density at radius 2 is 1.58 bits per heavy atom. The van der Waals surface area contributed by atoms with Gasteiger partial charge in [0.05, 0.1) is 26.4 Å². The highest BCUT2D eigenvalue weighted by molar-refractivity contribution is 6.35. The number of amides is 2. The van der Waals surface area contributed by atoms with E-state index in [0.717, 1.165) is 51.6 Å². The molecule has 2 aliphatic heterocycles. The number of aliphatic hydroxyl groups is 1. The number of carbonyl (C=O) groups excluding carboxylic acids is 2. The molecule has 2 fully saturated rings. The fourth-order valence-electron chi connectivity index (χ4n) is 5.26. The number of rotatable bonds is 7. The van der Waals surface area contributed by atoms with Crippen LogP contribution in [0.15, 0.2) is 23.9 Å². The summed E-state index contributed by atoms with van der Waals surface area (Å²) in [6.45, 7) is 3.51. The van der Waals surface area contributed by atoms with Crippen molar-refractivity contribution in [1.82, 2.24) is 14.7 Å². The van der Waals surface area contributed by atoms with Gasteiger partial charge in [-0.2, -0.15) is 0 Å². The summed E-state index contributed by atoms with van der Waals surface area (Å²) in [6, 6.07) is 5.36. The van der Waals surface area contributed by atoms with Crippen LogP contribution in [0.25, 0.3) is 5.57 Å². The average molecular weight is 458 g/mol. The van der Waals surface area contributed by atoms with Crippen molar-refractivity contribution in [3.05, 3.63) is 29.5 Å². The molecule has 8 heteroatoms. The first-order valence-electron chi connectivity index (χ1n) is 12.0. The smallest absolute Gasteiger partial charge is 0.278 e. The molecule has 1 aliphatic carbocycles. The van der Waals surface area contributed by atoms with Crippen molar-refractivity contribution in [2.45, 2.75) is 44.6 Å². The highest BCUT2D eigenvalue weighted by Crippen LogP contribution is 2.39. The minimum absolute atomic E-state index is 0.0455. The van der Waals surface area contributed by atoms with Crippen molar-refractivity contribution in [3.63, 3.8) is 0 Å². The number of imide groups is 1. The molecule has 0 unspecified atom stereocenters. The summed E-state index contributed by atoms with van der Waals surface area (Å²) in [7, 11) is 3.14. The van der Waals surface area contributed by atoms with Gasteiger partial charge in [0.1, 0.15) is 5.70 Å². The summed E-state index contributed by atoms with van der Waals surface area (Å²) in [4.78, 5) is 33.4. The Morgan fingerprint density at radius 1 is 0.909 bits per heavy atom. The Balaban J connectivity index is 1.72. The zero-order valence-corrected chi connectivity index (χ0v) is 19.7. The van der Waals surface area contributed by atoms with Crippen LogP contribution < -0.4 is 9.47 Å². The van der Waals surface area contributed by atoms with Crippen molar-refractivity contribution in [3.8, 4) is 11.5 Å². The quantitative estimate of drug-likeness (QED) is 0.496. The number of benzene rings is 1. The highest BCUT2D eigenvalue weighted by Gasteiger charge is 2.45. The molecule has 1 N–H and O–H groups in total. The molecule has 0 radical (unpaired) electrons. The van der Waals surface area contributed by atoms with E-state index in [1.54, 1.807) is 26.4 Å². The van der Waals surface area contributed by atoms with E-state index in [1.165, 1.54) is 4.90 Å². The zero-order valence-electron chi connectivity index (χ0n) is 19.7. The monoisotopic (exact) mass is 457 g/mol. The van der Waals surface area contributed by atoms with Gasteiger partial charge in [0.2, 0.25) is 0 Å². The van der Waals surface area contributed by atoms with Crippen molar-refractivity contribution >= 4 is 17.4 Å². The fourth-order valence-corrected chi connectivity index (χ4v) is 5.26. The summed E-state index contributed by atoms with van der Waals surface area (Å²) in [5.74, 6) is 0.736. The fraction of sp³-hybridized carbons (Fsp3) is 0.600. The maximum Gasteiger partial charge on any atom is 0.278 e. The third kappa shape index (κ3) is 4.73. The molecule has 1 aromatic carbocycles. The summed E-state index contributed by atoms with van der Waals surface area (Å²) >= 11 is 0. The Labute approximate surface area is 195 Å². The largest absolute Gasteiger partial charge is 0.493 e. The predicted octanol–water partition coefficient (Wildman–Crippen LogP) is 2.12. The second kappa shape index (κ2) is 10.6. The zero-order chi connectivity index (χ0) is 23.4. The van der Waals surface area contributed by atoms with Crippen molar-refractivity contribution in [2.24, 2.45) is 0 Å². The van der Waals surface area contributed by atoms with Gasteiger partial charge >= 0.3 is 0 Å². The molecule has 0 spiro atoms. The van der Waals surface area contributed by atoms with Gasteiger partial charge in [0, 0.05) is 38.8 Å². The number of aliphatic hydroxyl groups excluding tert-OH is 1. The molecule has 0 aromatic heterocycles. The number of hydrogen-bond acceptors (Lipinski definition) is 7. The Morgan fingerprint density at radius 3 is 2.18 bits per heavy atom. The number of methoxy groups -OCH3 is 2. The molecule has 33 heavy (non-hydrogen) atoms. The SMILES string of the molecule is COc1ccc(C2=C(N3CCN(CCO)CC3)C(=O)N(C3CCCCCC3)C2=O)cc1OC. The van der Waals surface area contributed by atoms with E-state index in [2.05, 4.69) is 9.80 Å². The third-order valence-corrected chi connectivity index (χ3v) is 7.06. The predicted molar refractivity (Wildman–Crippen MR) is 125 cm³/mol. The molecule has 180 valence electrons. The van der Waals surface area contributed by atoms with E-state index in [4.69, 9.17) is 9.47 Å². The van der Waals surface area contributed by atoms with Gasteiger partial charge < -0.3 is 19.5 Å². The first kappa shape index (κ1) is 23.6. The van der Waals surface area contributed by atoms with Crippen LogP contribution in [0.4, 0.5) is 0 Å². The van der Waals surface area contributed by atoms with Gasteiger partial charge in [-0.1, -0.05) is 31.7 Å². The number of ether oxygens (including phenoxy) is 2. The Bertz CT molecular complexity index is 899. The number of carbonyl (C=O) groups is 2. The van der Waals surface area contributed by atoms with Crippen molar-refractivity contribution < 1.29 is 24.2 Å². The number of hydrogen-bond donors (Lipinski definition) is 1. The van der Waals surface area contributed by atoms with Crippen LogP contribution in [0.3, 0.4) is 0 Å². The van der Waals surface area contributed by atoms with Gasteiger partial charge in [-0.3, -0.25) is 19.4 Å². The second-order valence-corrected chi connectivity index (χ2v) is 8.97. The van der Waals surface area contributed by atoms with Gasteiger partial charge in [0.25, 0.3) is 11.8 Å². The molecular weight excluding hydrogens is 422 g/mol. The van der Waals surface area contributed by atoms with E-state index in [1.807, 2.05) is 6.07 Å². The molecule has 2 amide bonds. The van der Waals surface area contributed by atoms with Gasteiger partial charge in [-0.25, -0.2) is 0 Å². The standard InChI is InChI=1S/C25H35N3O5/c1-32-20-10-9-18(17-21(20)33-2)22-23(27-13-11-26(12-14-27)15-16-29)25(31)28(24(22)30)19-7-5-3-4-6-8-19/h9-10,17,19,29H,3-8,11-16H2,1-2H3. The van der Waals surface area contributed by atoms with Crippen molar-refractivity contribution in [2.75, 3.05) is 53.6 Å². The van der Waals surface area contributed by atoms with Crippen LogP contribution in [-0.4, -0.2) is 91.2 Å². The number of nitrogens with zero attached hydrogens (tertiary/aromatic N) is 3. The van der Waals surface area contributed by atoms with Crippen LogP contribution in [-0.2, 0) is 9.59 Å². The van der Waals surface area contributed by atoms with Crippen LogP contribution in [0.1, 0.15) is 44.1 Å². The third-order valence-electron chi connectivity index (χ3n) is 7.06. The normalized spacial score (nSPS) is 21.1. The molecule has 2 heterocycles. The highest BCUT2D eigenvalue weighted by atomic mass is 16.5. The minimum atomic E-state index is -0.202. The van der Waals surface area contributed by atoms with E-state index >= 15 is 0 Å². The first-order chi connectivity index (χ1) is 16.1. The van der Waals surface area contributed by atoms with Crippen LogP contribution in [0.5, 0.6) is 11.5 Å². The van der Waals surface area contributed by atoms with Crippen LogP contribution >= 0.6 is 0 Å². The lowest BCUT2D eigenvalue weighted by Gasteiger charge is -2.36. The average Bonchev–Trinajstić information content (AvgIpc) is 2.99. The van der Waals surface area contributed by atoms with Crippen molar-refractivity contribution in [1.29, 1.82) is 0 Å². The molecule has 1 saturated carbocycles. The van der Waals surface area contributed by atoms with E-state index in [0.29, 0.717) is 48.0 Å².